The lowest BCUT2D eigenvalue weighted by Gasteiger charge is -2.04. The van der Waals surface area contributed by atoms with Crippen LogP contribution in [0.3, 0.4) is 0 Å². The first-order valence-corrected chi connectivity index (χ1v) is 5.42. The van der Waals surface area contributed by atoms with Crippen LogP contribution in [-0.4, -0.2) is 15.0 Å². The van der Waals surface area contributed by atoms with Crippen molar-refractivity contribution in [3.8, 4) is 11.5 Å². The number of aryl methyl sites for hydroxylation is 1. The molecule has 0 amide bonds. The van der Waals surface area contributed by atoms with Gasteiger partial charge in [0.15, 0.2) is 5.82 Å². The van der Waals surface area contributed by atoms with E-state index in [1.807, 2.05) is 19.1 Å². The van der Waals surface area contributed by atoms with Crippen LogP contribution in [0, 0.1) is 6.92 Å². The van der Waals surface area contributed by atoms with Gasteiger partial charge >= 0.3 is 0 Å². The molecule has 3 N–H and O–H groups in total. The van der Waals surface area contributed by atoms with E-state index in [4.69, 9.17) is 5.84 Å². The van der Waals surface area contributed by atoms with Crippen LogP contribution in [0.5, 0.6) is 0 Å². The number of halogens is 1. The first-order chi connectivity index (χ1) is 7.69. The Morgan fingerprint density at radius 2 is 2.12 bits per heavy atom. The van der Waals surface area contributed by atoms with Gasteiger partial charge in [0.1, 0.15) is 11.5 Å². The molecule has 0 aromatic carbocycles. The quantitative estimate of drug-likeness (QED) is 0.649. The molecule has 5 nitrogen and oxygen atoms in total. The minimum atomic E-state index is 0.556. The summed E-state index contributed by atoms with van der Waals surface area (Å²) in [6.07, 6.45) is 1.70. The Hall–Kier alpha value is -1.53. The number of hydrogen-bond acceptors (Lipinski definition) is 5. The van der Waals surface area contributed by atoms with Gasteiger partial charge in [0.05, 0.1) is 0 Å². The average molecular weight is 280 g/mol. The fourth-order valence-corrected chi connectivity index (χ4v) is 1.50. The maximum Gasteiger partial charge on any atom is 0.180 e. The van der Waals surface area contributed by atoms with Crippen molar-refractivity contribution in [2.24, 2.45) is 5.84 Å². The highest BCUT2D eigenvalue weighted by Crippen LogP contribution is 2.17. The molecule has 0 radical (unpaired) electrons. The molecular weight excluding hydrogens is 270 g/mol. The van der Waals surface area contributed by atoms with E-state index >= 15 is 0 Å². The SMILES string of the molecule is Cc1cc(NN)nc(-c2ccc(Br)cn2)n1. The first kappa shape index (κ1) is 11.0. The molecular formula is C10H10BrN5. The third-order valence-electron chi connectivity index (χ3n) is 1.96. The molecule has 6 heteroatoms. The molecule has 0 aliphatic heterocycles. The zero-order valence-electron chi connectivity index (χ0n) is 8.61. The Bertz CT molecular complexity index is 497. The number of hydrogen-bond donors (Lipinski definition) is 2. The van der Waals surface area contributed by atoms with E-state index in [0.717, 1.165) is 10.2 Å². The van der Waals surface area contributed by atoms with Gasteiger partial charge < -0.3 is 5.43 Å². The van der Waals surface area contributed by atoms with E-state index in [1.54, 1.807) is 12.3 Å². The minimum absolute atomic E-state index is 0.556. The van der Waals surface area contributed by atoms with Crippen LogP contribution in [0.1, 0.15) is 5.69 Å². The van der Waals surface area contributed by atoms with Crippen LogP contribution in [0.15, 0.2) is 28.9 Å². The molecule has 2 heterocycles. The number of rotatable bonds is 2. The summed E-state index contributed by atoms with van der Waals surface area (Å²) in [5, 5.41) is 0. The van der Waals surface area contributed by atoms with Crippen molar-refractivity contribution in [1.29, 1.82) is 0 Å². The summed E-state index contributed by atoms with van der Waals surface area (Å²) in [4.78, 5) is 12.7. The highest BCUT2D eigenvalue weighted by atomic mass is 79.9. The van der Waals surface area contributed by atoms with E-state index in [0.29, 0.717) is 17.3 Å². The van der Waals surface area contributed by atoms with Crippen LogP contribution in [-0.2, 0) is 0 Å². The Kier molecular flexibility index (Phi) is 3.12. The summed E-state index contributed by atoms with van der Waals surface area (Å²) < 4.78 is 0.918. The minimum Gasteiger partial charge on any atom is -0.308 e. The summed E-state index contributed by atoms with van der Waals surface area (Å²) >= 11 is 3.32. The number of hydrazine groups is 1. The topological polar surface area (TPSA) is 76.7 Å². The van der Waals surface area contributed by atoms with E-state index in [9.17, 15) is 0 Å². The van der Waals surface area contributed by atoms with Crippen LogP contribution in [0.25, 0.3) is 11.5 Å². The van der Waals surface area contributed by atoms with Gasteiger partial charge in [-0.2, -0.15) is 0 Å². The lowest BCUT2D eigenvalue weighted by Crippen LogP contribution is -2.10. The molecule has 0 atom stereocenters. The van der Waals surface area contributed by atoms with Crippen LogP contribution < -0.4 is 11.3 Å². The molecule has 0 spiro atoms. The van der Waals surface area contributed by atoms with Gasteiger partial charge in [-0.1, -0.05) is 0 Å². The number of anilines is 1. The molecule has 2 rings (SSSR count). The summed E-state index contributed by atoms with van der Waals surface area (Å²) in [5.41, 5.74) is 4.05. The lowest BCUT2D eigenvalue weighted by atomic mass is 10.3. The molecule has 16 heavy (non-hydrogen) atoms. The average Bonchev–Trinajstić information content (AvgIpc) is 2.29. The Morgan fingerprint density at radius 1 is 1.31 bits per heavy atom. The molecule has 0 saturated carbocycles. The van der Waals surface area contributed by atoms with Crippen molar-refractivity contribution in [1.82, 2.24) is 15.0 Å². The number of nitrogen functional groups attached to an aromatic ring is 1. The molecule has 0 aliphatic carbocycles. The lowest BCUT2D eigenvalue weighted by molar-refractivity contribution is 1.08. The van der Waals surface area contributed by atoms with E-state index in [2.05, 4.69) is 36.3 Å². The van der Waals surface area contributed by atoms with Crippen molar-refractivity contribution in [2.75, 3.05) is 5.43 Å². The maximum atomic E-state index is 5.32. The largest absolute Gasteiger partial charge is 0.308 e. The highest BCUT2D eigenvalue weighted by Gasteiger charge is 2.05. The van der Waals surface area contributed by atoms with Crippen LogP contribution >= 0.6 is 15.9 Å². The zero-order valence-corrected chi connectivity index (χ0v) is 10.2. The third-order valence-corrected chi connectivity index (χ3v) is 2.43. The molecule has 82 valence electrons. The van der Waals surface area contributed by atoms with Gasteiger partial charge in [0.2, 0.25) is 0 Å². The zero-order chi connectivity index (χ0) is 11.5. The molecule has 0 bridgehead atoms. The normalized spacial score (nSPS) is 10.2. The van der Waals surface area contributed by atoms with Gasteiger partial charge in [-0.15, -0.1) is 0 Å². The van der Waals surface area contributed by atoms with Crippen LogP contribution in [0.4, 0.5) is 5.82 Å². The number of pyridine rings is 1. The summed E-state index contributed by atoms with van der Waals surface area (Å²) in [7, 11) is 0. The fraction of sp³-hybridized carbons (Fsp3) is 0.100. The smallest absolute Gasteiger partial charge is 0.180 e. The molecule has 0 saturated heterocycles. The van der Waals surface area contributed by atoms with Gasteiger partial charge in [-0.05, 0) is 35.0 Å². The fourth-order valence-electron chi connectivity index (χ4n) is 1.27. The van der Waals surface area contributed by atoms with Crippen LogP contribution in [0.2, 0.25) is 0 Å². The first-order valence-electron chi connectivity index (χ1n) is 4.63. The van der Waals surface area contributed by atoms with Gasteiger partial charge in [-0.3, -0.25) is 4.98 Å². The Morgan fingerprint density at radius 3 is 2.75 bits per heavy atom. The second-order valence-electron chi connectivity index (χ2n) is 3.22. The van der Waals surface area contributed by atoms with Crippen molar-refractivity contribution in [2.45, 2.75) is 6.92 Å². The van der Waals surface area contributed by atoms with Crippen molar-refractivity contribution in [3.05, 3.63) is 34.6 Å². The van der Waals surface area contributed by atoms with E-state index in [-0.39, 0.29) is 0 Å². The predicted molar refractivity (Wildman–Crippen MR) is 65.5 cm³/mol. The monoisotopic (exact) mass is 279 g/mol. The highest BCUT2D eigenvalue weighted by molar-refractivity contribution is 9.10. The summed E-state index contributed by atoms with van der Waals surface area (Å²) in [6.45, 7) is 1.88. The second-order valence-corrected chi connectivity index (χ2v) is 4.14. The van der Waals surface area contributed by atoms with Crippen molar-refractivity contribution < 1.29 is 0 Å². The number of nitrogens with two attached hydrogens (primary N) is 1. The number of aromatic nitrogens is 3. The molecule has 0 fully saturated rings. The van der Waals surface area contributed by atoms with Gasteiger partial charge in [0, 0.05) is 22.4 Å². The predicted octanol–water partition coefficient (Wildman–Crippen LogP) is 1.90. The molecule has 2 aromatic heterocycles. The van der Waals surface area contributed by atoms with Crippen molar-refractivity contribution >= 4 is 21.7 Å². The summed E-state index contributed by atoms with van der Waals surface area (Å²) in [5.74, 6) is 6.45. The van der Waals surface area contributed by atoms with Crippen molar-refractivity contribution in [3.63, 3.8) is 0 Å². The second kappa shape index (κ2) is 4.54. The standard InChI is InChI=1S/C10H10BrN5/c1-6-4-9(16-12)15-10(14-6)8-3-2-7(11)5-13-8/h2-5H,12H2,1H3,(H,14,15,16). The maximum absolute atomic E-state index is 5.32. The van der Waals surface area contributed by atoms with E-state index < -0.39 is 0 Å². The molecule has 0 unspecified atom stereocenters. The van der Waals surface area contributed by atoms with Gasteiger partial charge in [-0.25, -0.2) is 15.8 Å². The van der Waals surface area contributed by atoms with E-state index in [1.165, 1.54) is 0 Å². The summed E-state index contributed by atoms with van der Waals surface area (Å²) in [6, 6.07) is 5.51. The molecule has 0 aliphatic rings. The molecule has 2 aromatic rings. The number of nitrogens with zero attached hydrogens (tertiary/aromatic N) is 3. The van der Waals surface area contributed by atoms with Gasteiger partial charge in [0.25, 0.3) is 0 Å². The Balaban J connectivity index is 2.47. The Labute approximate surface area is 101 Å². The third kappa shape index (κ3) is 2.34. The number of nitrogens with one attached hydrogen (secondary N) is 1.